The molecule has 0 aromatic heterocycles. The molecule has 5 nitrogen and oxygen atoms in total. The van der Waals surface area contributed by atoms with Gasteiger partial charge in [0, 0.05) is 30.8 Å². The maximum absolute atomic E-state index is 6.29. The zero-order valence-corrected chi connectivity index (χ0v) is 19.5. The normalized spacial score (nSPS) is 19.6. The zero-order valence-electron chi connectivity index (χ0n) is 19.5. The summed E-state index contributed by atoms with van der Waals surface area (Å²) in [5, 5.41) is 0. The first-order chi connectivity index (χ1) is 17.2. The summed E-state index contributed by atoms with van der Waals surface area (Å²) in [5.74, 6) is 2.26. The highest BCUT2D eigenvalue weighted by Gasteiger charge is 2.39. The molecule has 172 valence electrons. The van der Waals surface area contributed by atoms with E-state index in [0.29, 0.717) is 5.90 Å². The lowest BCUT2D eigenvalue weighted by atomic mass is 10.1. The molecule has 0 saturated carbocycles. The van der Waals surface area contributed by atoms with E-state index in [-0.39, 0.29) is 12.1 Å². The Balaban J connectivity index is 1.13. The van der Waals surface area contributed by atoms with Gasteiger partial charge in [0.15, 0.2) is 0 Å². The maximum atomic E-state index is 6.29. The molecule has 5 heteroatoms. The lowest BCUT2D eigenvalue weighted by Gasteiger charge is -2.20. The molecule has 0 fully saturated rings. The van der Waals surface area contributed by atoms with Crippen molar-refractivity contribution in [2.45, 2.75) is 18.6 Å². The summed E-state index contributed by atoms with van der Waals surface area (Å²) in [5.41, 5.74) is 7.11. The van der Waals surface area contributed by atoms with Crippen molar-refractivity contribution < 1.29 is 9.47 Å². The van der Waals surface area contributed by atoms with Crippen LogP contribution in [0.25, 0.3) is 0 Å². The van der Waals surface area contributed by atoms with Crippen molar-refractivity contribution in [2.24, 2.45) is 4.99 Å². The predicted octanol–water partition coefficient (Wildman–Crippen LogP) is 6.47. The van der Waals surface area contributed by atoms with Crippen molar-refractivity contribution >= 4 is 23.0 Å². The lowest BCUT2D eigenvalue weighted by molar-refractivity contribution is 0.206. The van der Waals surface area contributed by atoms with E-state index in [2.05, 4.69) is 77.5 Å². The molecule has 1 aliphatic carbocycles. The Kier molecular flexibility index (Phi) is 4.56. The molecule has 2 aliphatic heterocycles. The zero-order chi connectivity index (χ0) is 23.4. The summed E-state index contributed by atoms with van der Waals surface area (Å²) in [6.45, 7) is 0.806. The van der Waals surface area contributed by atoms with E-state index in [9.17, 15) is 0 Å². The number of para-hydroxylation sites is 2. The summed E-state index contributed by atoms with van der Waals surface area (Å²) >= 11 is 0. The first-order valence-corrected chi connectivity index (χ1v) is 12.0. The van der Waals surface area contributed by atoms with Gasteiger partial charge in [-0.1, -0.05) is 48.5 Å². The first-order valence-electron chi connectivity index (χ1n) is 12.0. The van der Waals surface area contributed by atoms with E-state index in [4.69, 9.17) is 14.5 Å². The maximum Gasteiger partial charge on any atom is 0.217 e. The number of hydrogen-bond acceptors (Lipinski definition) is 5. The fourth-order valence-corrected chi connectivity index (χ4v) is 5.38. The summed E-state index contributed by atoms with van der Waals surface area (Å²) in [4.78, 5) is 9.49. The van der Waals surface area contributed by atoms with Gasteiger partial charge in [0.05, 0.1) is 18.0 Å². The third-order valence-corrected chi connectivity index (χ3v) is 7.05. The monoisotopic (exact) mass is 459 g/mol. The quantitative estimate of drug-likeness (QED) is 0.351. The molecule has 0 saturated heterocycles. The van der Waals surface area contributed by atoms with Gasteiger partial charge in [0.1, 0.15) is 23.6 Å². The average Bonchev–Trinajstić information content (AvgIpc) is 3.56. The molecule has 3 aliphatic rings. The highest BCUT2D eigenvalue weighted by molar-refractivity contribution is 5.96. The molecule has 0 spiro atoms. The molecule has 7 rings (SSSR count). The van der Waals surface area contributed by atoms with Crippen molar-refractivity contribution in [3.63, 3.8) is 0 Å². The lowest BCUT2D eigenvalue weighted by Crippen LogP contribution is -2.23. The van der Waals surface area contributed by atoms with Gasteiger partial charge in [-0.05, 0) is 53.6 Å². The van der Waals surface area contributed by atoms with Gasteiger partial charge >= 0.3 is 0 Å². The minimum atomic E-state index is 0.0870. The molecule has 35 heavy (non-hydrogen) atoms. The van der Waals surface area contributed by atoms with Crippen LogP contribution in [-0.2, 0) is 11.2 Å². The van der Waals surface area contributed by atoms with Crippen molar-refractivity contribution in [1.29, 1.82) is 0 Å². The van der Waals surface area contributed by atoms with E-state index < -0.39 is 0 Å². The van der Waals surface area contributed by atoms with Gasteiger partial charge < -0.3 is 19.3 Å². The van der Waals surface area contributed by atoms with Crippen LogP contribution < -0.4 is 14.5 Å². The average molecular weight is 460 g/mol. The smallest absolute Gasteiger partial charge is 0.217 e. The number of nitrogens with zero attached hydrogens (tertiary/aromatic N) is 3. The van der Waals surface area contributed by atoms with Crippen LogP contribution in [0.5, 0.6) is 11.5 Å². The number of rotatable bonds is 4. The summed E-state index contributed by atoms with van der Waals surface area (Å²) < 4.78 is 12.6. The molecular formula is C30H25N3O2. The van der Waals surface area contributed by atoms with Crippen LogP contribution in [0.3, 0.4) is 0 Å². The molecule has 0 amide bonds. The number of aliphatic imine (C=N–C) groups is 1. The molecule has 0 unspecified atom stereocenters. The van der Waals surface area contributed by atoms with E-state index in [1.165, 1.54) is 22.5 Å². The van der Waals surface area contributed by atoms with E-state index in [1.807, 2.05) is 36.4 Å². The van der Waals surface area contributed by atoms with Crippen LogP contribution in [-0.4, -0.2) is 25.7 Å². The van der Waals surface area contributed by atoms with Crippen LogP contribution in [0.1, 0.15) is 22.7 Å². The predicted molar refractivity (Wildman–Crippen MR) is 139 cm³/mol. The Hall–Kier alpha value is -4.25. The second-order valence-corrected chi connectivity index (χ2v) is 9.32. The fraction of sp³-hybridized carbons (Fsp3) is 0.167. The second kappa shape index (κ2) is 7.91. The van der Waals surface area contributed by atoms with Crippen molar-refractivity contribution in [2.75, 3.05) is 23.5 Å². The third-order valence-electron chi connectivity index (χ3n) is 7.05. The van der Waals surface area contributed by atoms with Gasteiger partial charge in [-0.3, -0.25) is 0 Å². The van der Waals surface area contributed by atoms with Crippen LogP contribution >= 0.6 is 0 Å². The molecule has 4 aromatic carbocycles. The number of benzene rings is 4. The van der Waals surface area contributed by atoms with Crippen molar-refractivity contribution in [1.82, 2.24) is 0 Å². The Morgan fingerprint density at radius 2 is 1.60 bits per heavy atom. The largest absolute Gasteiger partial charge is 0.471 e. The topological polar surface area (TPSA) is 37.3 Å². The first kappa shape index (κ1) is 20.2. The van der Waals surface area contributed by atoms with E-state index in [0.717, 1.165) is 35.8 Å². The van der Waals surface area contributed by atoms with Crippen LogP contribution in [0, 0.1) is 0 Å². The highest BCUT2D eigenvalue weighted by atomic mass is 16.5. The molecule has 4 aromatic rings. The Labute approximate surface area is 204 Å². The van der Waals surface area contributed by atoms with Crippen LogP contribution in [0.15, 0.2) is 102 Å². The Morgan fingerprint density at radius 3 is 2.51 bits per heavy atom. The van der Waals surface area contributed by atoms with Gasteiger partial charge in [-0.25, -0.2) is 4.99 Å². The van der Waals surface area contributed by atoms with Crippen LogP contribution in [0.2, 0.25) is 0 Å². The molecule has 0 N–H and O–H groups in total. The van der Waals surface area contributed by atoms with Crippen molar-refractivity contribution in [3.05, 3.63) is 114 Å². The summed E-state index contributed by atoms with van der Waals surface area (Å²) in [7, 11) is 2.12. The SMILES string of the molecule is CN1CN(c2cccc(Oc3cccc(C4=N[C@@H]5c6ccccc6C[C@@H]5O4)c3)c2)c2ccccc21. The number of fused-ring (bicyclic) bond motifs is 4. The van der Waals surface area contributed by atoms with Crippen LogP contribution in [0.4, 0.5) is 17.1 Å². The Bertz CT molecular complexity index is 1460. The molecular weight excluding hydrogens is 434 g/mol. The fourth-order valence-electron chi connectivity index (χ4n) is 5.38. The number of hydrogen-bond donors (Lipinski definition) is 0. The van der Waals surface area contributed by atoms with E-state index in [1.54, 1.807) is 0 Å². The summed E-state index contributed by atoms with van der Waals surface area (Å²) in [6, 6.07) is 33.3. The number of anilines is 3. The van der Waals surface area contributed by atoms with Gasteiger partial charge in [-0.2, -0.15) is 0 Å². The standard InChI is InChI=1S/C30H25N3O2/c1-32-19-33(27-15-5-4-14-26(27)32)22-10-7-12-24(18-22)34-23-11-6-9-21(16-23)30-31-29-25-13-3-2-8-20(25)17-28(29)35-30/h2-16,18,28-29H,17,19H2,1H3/t28-,29+/m0/s1. The highest BCUT2D eigenvalue weighted by Crippen LogP contribution is 2.42. The Morgan fingerprint density at radius 1 is 0.829 bits per heavy atom. The van der Waals surface area contributed by atoms with Gasteiger partial charge in [0.2, 0.25) is 5.90 Å². The second-order valence-electron chi connectivity index (χ2n) is 9.32. The number of ether oxygens (including phenoxy) is 2. The molecule has 0 radical (unpaired) electrons. The third kappa shape index (κ3) is 3.43. The molecule has 0 bridgehead atoms. The molecule has 2 atom stereocenters. The van der Waals surface area contributed by atoms with Gasteiger partial charge in [-0.15, -0.1) is 0 Å². The minimum absolute atomic E-state index is 0.0870. The minimum Gasteiger partial charge on any atom is -0.471 e. The summed E-state index contributed by atoms with van der Waals surface area (Å²) in [6.07, 6.45) is 0.996. The molecule has 2 heterocycles. The van der Waals surface area contributed by atoms with Crippen molar-refractivity contribution in [3.8, 4) is 11.5 Å². The van der Waals surface area contributed by atoms with Gasteiger partial charge in [0.25, 0.3) is 0 Å². The van der Waals surface area contributed by atoms with E-state index >= 15 is 0 Å².